The van der Waals surface area contributed by atoms with E-state index in [1.54, 1.807) is 18.5 Å². The molecule has 16 nitrogen and oxygen atoms in total. The lowest BCUT2D eigenvalue weighted by Gasteiger charge is -2.29. The molecular formula is C35H55BN6O10P2+2. The molecule has 4 rings (SSSR count). The summed E-state index contributed by atoms with van der Waals surface area (Å²) in [7, 11) is -7.37. The van der Waals surface area contributed by atoms with Crippen LogP contribution in [0.3, 0.4) is 0 Å². The topological polar surface area (TPSA) is 218 Å². The minimum atomic E-state index is -4.48. The smallest absolute Gasteiger partial charge is 0.410 e. The highest BCUT2D eigenvalue weighted by atomic mass is 31.2. The summed E-state index contributed by atoms with van der Waals surface area (Å²) in [5.41, 5.74) is -1.76. The van der Waals surface area contributed by atoms with Gasteiger partial charge < -0.3 is 39.6 Å². The highest BCUT2D eigenvalue weighted by Gasteiger charge is 2.66. The van der Waals surface area contributed by atoms with Crippen LogP contribution in [0.15, 0.2) is 53.8 Å². The predicted octanol–water partition coefficient (Wildman–Crippen LogP) is 1.50. The van der Waals surface area contributed by atoms with Crippen LogP contribution in [-0.4, -0.2) is 104 Å². The third kappa shape index (κ3) is 12.9. The Bertz CT molecular complexity index is 1560. The van der Waals surface area contributed by atoms with E-state index >= 15 is 0 Å². The molecule has 2 heterocycles. The molecule has 3 amide bonds. The summed E-state index contributed by atoms with van der Waals surface area (Å²) >= 11 is 0. The van der Waals surface area contributed by atoms with Crippen molar-refractivity contribution in [2.45, 2.75) is 81.8 Å². The van der Waals surface area contributed by atoms with Gasteiger partial charge >= 0.3 is 28.3 Å². The van der Waals surface area contributed by atoms with Gasteiger partial charge in [-0.05, 0) is 54.1 Å². The first kappa shape index (κ1) is 43.5. The number of benzene rings is 1. The number of nitrogens with one attached hydrogen (secondary N) is 5. The summed E-state index contributed by atoms with van der Waals surface area (Å²) in [6.45, 7) is 7.43. The summed E-state index contributed by atoms with van der Waals surface area (Å²) in [6.07, 6.45) is 12.5. The number of carbonyl (C=O) groups is 3. The van der Waals surface area contributed by atoms with Crippen LogP contribution in [-0.2, 0) is 37.3 Å². The van der Waals surface area contributed by atoms with Gasteiger partial charge in [-0.25, -0.2) is 0 Å². The van der Waals surface area contributed by atoms with Gasteiger partial charge in [0.25, 0.3) is 0 Å². The molecule has 0 spiro atoms. The molecule has 0 radical (unpaired) electrons. The maximum atomic E-state index is 14.1. The standard InChI is InChI=1S/C35H53BN6O10P2/c1-26(2)28-24-35(28,41-33(45)29(16-15-27-12-5-4-6-13-27)39-32(44)30-25-37-17-18-38-30)36-51-22-9-7-19-42(20-8-10-23-52-36)21-11-14-31(43)40-34(53(46)47)54(48,49)50-3/h4-6,12-13,15-18,25-26,28-30,34,38H,7-11,14,19-24H2,1-3H3,(H4-,39,40,41,43,44,45,46,47,48,49)/p+2. The fourth-order valence-corrected chi connectivity index (χ4v) is 8.82. The second-order valence-corrected chi connectivity index (χ2v) is 17.7. The summed E-state index contributed by atoms with van der Waals surface area (Å²) in [5.74, 6) is -1.00. The van der Waals surface area contributed by atoms with Crippen molar-refractivity contribution in [3.8, 4) is 0 Å². The zero-order valence-corrected chi connectivity index (χ0v) is 33.0. The van der Waals surface area contributed by atoms with Crippen LogP contribution in [0.25, 0.3) is 6.08 Å². The van der Waals surface area contributed by atoms with Gasteiger partial charge in [0.2, 0.25) is 17.7 Å². The Kier molecular flexibility index (Phi) is 17.0. The van der Waals surface area contributed by atoms with E-state index in [9.17, 15) is 33.3 Å². The quantitative estimate of drug-likeness (QED) is 0.0940. The lowest BCUT2D eigenvalue weighted by atomic mass is 9.71. The molecule has 2 aliphatic heterocycles. The summed E-state index contributed by atoms with van der Waals surface area (Å²) in [6, 6.07) is 7.85. The predicted molar refractivity (Wildman–Crippen MR) is 205 cm³/mol. The molecule has 7 N–H and O–H groups in total. The highest BCUT2D eigenvalue weighted by Crippen LogP contribution is 2.54. The second-order valence-electron chi connectivity index (χ2n) is 14.2. The highest BCUT2D eigenvalue weighted by molar-refractivity contribution is 7.66. The lowest BCUT2D eigenvalue weighted by molar-refractivity contribution is -0.900. The molecule has 3 aliphatic rings. The third-order valence-corrected chi connectivity index (χ3v) is 13.1. The van der Waals surface area contributed by atoms with Gasteiger partial charge in [-0.15, -0.1) is 0 Å². The Morgan fingerprint density at radius 2 is 1.83 bits per heavy atom. The summed E-state index contributed by atoms with van der Waals surface area (Å²) in [5, 5.41) is 11.3. The Morgan fingerprint density at radius 3 is 2.41 bits per heavy atom. The fraction of sp³-hybridized carbons (Fsp3) is 0.600. The molecule has 0 bridgehead atoms. The Morgan fingerprint density at radius 1 is 1.15 bits per heavy atom. The molecular weight excluding hydrogens is 737 g/mol. The van der Waals surface area contributed by atoms with Crippen LogP contribution in [0, 0.1) is 11.8 Å². The van der Waals surface area contributed by atoms with Gasteiger partial charge in [-0.2, -0.15) is 4.89 Å². The molecule has 54 heavy (non-hydrogen) atoms. The average molecular weight is 793 g/mol. The average Bonchev–Trinajstić information content (AvgIpc) is 3.88. The molecule has 1 aliphatic carbocycles. The number of nitrogens with zero attached hydrogens (tertiary/aromatic N) is 1. The van der Waals surface area contributed by atoms with Crippen molar-refractivity contribution in [1.82, 2.24) is 21.3 Å². The first-order chi connectivity index (χ1) is 25.9. The van der Waals surface area contributed by atoms with Crippen LogP contribution in [0.2, 0.25) is 0 Å². The SMILES string of the molecule is COP(=O)(O)C(NC(=O)CCC[NH+]1CCCCOB(C2(NC(=O)C(C=Cc3ccccc3)NC(=O)C3C=NC=CN3)CC2C(C)C)OCCCC1)[P+](=O)O. The van der Waals surface area contributed by atoms with Crippen molar-refractivity contribution in [2.75, 3.05) is 40.0 Å². The Hall–Kier alpha value is -3.27. The number of aliphatic imine (C=N–C) groups is 1. The molecule has 1 saturated carbocycles. The van der Waals surface area contributed by atoms with E-state index in [1.165, 1.54) is 11.1 Å². The van der Waals surface area contributed by atoms with Crippen molar-refractivity contribution in [3.05, 3.63) is 54.4 Å². The van der Waals surface area contributed by atoms with Crippen molar-refractivity contribution < 1.29 is 52.0 Å². The van der Waals surface area contributed by atoms with E-state index in [1.807, 2.05) is 36.4 Å². The first-order valence-corrected chi connectivity index (χ1v) is 21.5. The largest absolute Gasteiger partial charge is 0.544 e. The van der Waals surface area contributed by atoms with Gasteiger partial charge in [0, 0.05) is 51.8 Å². The molecule has 296 valence electrons. The third-order valence-electron chi connectivity index (χ3n) is 9.85. The van der Waals surface area contributed by atoms with Gasteiger partial charge in [0.1, 0.15) is 12.1 Å². The van der Waals surface area contributed by atoms with Crippen LogP contribution in [0.1, 0.15) is 64.4 Å². The van der Waals surface area contributed by atoms with Gasteiger partial charge in [0.05, 0.1) is 25.1 Å². The number of amides is 3. The summed E-state index contributed by atoms with van der Waals surface area (Å²) < 4.78 is 40.8. The Labute approximate surface area is 318 Å². The Balaban J connectivity index is 1.35. The van der Waals surface area contributed by atoms with E-state index in [-0.39, 0.29) is 24.2 Å². The maximum absolute atomic E-state index is 14.1. The van der Waals surface area contributed by atoms with Crippen molar-refractivity contribution in [1.29, 1.82) is 0 Å². The van der Waals surface area contributed by atoms with Crippen molar-refractivity contribution in [2.24, 2.45) is 16.8 Å². The zero-order chi connectivity index (χ0) is 39.1. The van der Waals surface area contributed by atoms with E-state index in [2.05, 4.69) is 44.6 Å². The van der Waals surface area contributed by atoms with Gasteiger partial charge in [0.15, 0.2) is 0 Å². The van der Waals surface area contributed by atoms with E-state index in [0.29, 0.717) is 32.6 Å². The maximum Gasteiger partial charge on any atom is 0.544 e. The molecule has 7 unspecified atom stereocenters. The molecule has 0 aromatic heterocycles. The molecule has 2 fully saturated rings. The number of carbonyl (C=O) groups excluding carboxylic acids is 3. The molecule has 1 aromatic carbocycles. The van der Waals surface area contributed by atoms with Crippen LogP contribution >= 0.6 is 15.6 Å². The van der Waals surface area contributed by atoms with E-state index in [4.69, 9.17) is 9.31 Å². The van der Waals surface area contributed by atoms with Crippen LogP contribution < -0.4 is 26.2 Å². The van der Waals surface area contributed by atoms with E-state index < -0.39 is 57.6 Å². The van der Waals surface area contributed by atoms with E-state index in [0.717, 1.165) is 51.4 Å². The minimum absolute atomic E-state index is 0.0290. The van der Waals surface area contributed by atoms with Crippen LogP contribution in [0.5, 0.6) is 0 Å². The lowest BCUT2D eigenvalue weighted by Crippen LogP contribution is -3.12. The molecule has 7 atom stereocenters. The normalized spacial score (nSPS) is 25.0. The minimum Gasteiger partial charge on any atom is -0.410 e. The molecule has 19 heteroatoms. The van der Waals surface area contributed by atoms with Crippen molar-refractivity contribution in [3.63, 3.8) is 0 Å². The molecule has 1 aromatic rings. The van der Waals surface area contributed by atoms with Gasteiger partial charge in [-0.1, -0.05) is 56.3 Å². The number of hydrogen-bond acceptors (Lipinski definition) is 10. The summed E-state index contributed by atoms with van der Waals surface area (Å²) in [4.78, 5) is 64.2. The number of quaternary nitrogens is 1. The monoisotopic (exact) mass is 792 g/mol. The fourth-order valence-electron chi connectivity index (χ4n) is 6.78. The molecule has 1 saturated heterocycles. The van der Waals surface area contributed by atoms with Crippen LogP contribution in [0.4, 0.5) is 0 Å². The zero-order valence-electron chi connectivity index (χ0n) is 31.2. The first-order valence-electron chi connectivity index (χ1n) is 18.6. The number of rotatable bonds is 16. The van der Waals surface area contributed by atoms with Gasteiger partial charge in [-0.3, -0.25) is 29.3 Å². The number of hydrogen-bond donors (Lipinski definition) is 7. The van der Waals surface area contributed by atoms with Crippen molar-refractivity contribution >= 4 is 52.8 Å². The second kappa shape index (κ2) is 21.1.